The van der Waals surface area contributed by atoms with Crippen LogP contribution in [0, 0.1) is 0 Å². The van der Waals surface area contributed by atoms with E-state index in [9.17, 15) is 10.0 Å². The lowest BCUT2D eigenvalue weighted by atomic mass is 9.95. The molecular formula is C17H20N4O3. The average Bonchev–Trinajstić information content (AvgIpc) is 2.93. The van der Waals surface area contributed by atoms with Gasteiger partial charge in [0, 0.05) is 5.41 Å². The molecule has 0 bridgehead atoms. The van der Waals surface area contributed by atoms with Crippen molar-refractivity contribution in [1.82, 2.24) is 19.5 Å². The van der Waals surface area contributed by atoms with E-state index in [-0.39, 0.29) is 0 Å². The van der Waals surface area contributed by atoms with Crippen LogP contribution in [-0.2, 0) is 12.0 Å². The second kappa shape index (κ2) is 5.67. The van der Waals surface area contributed by atoms with E-state index < -0.39 is 11.0 Å². The molecule has 7 heteroatoms. The normalized spacial score (nSPS) is 11.8. The van der Waals surface area contributed by atoms with E-state index in [1.165, 1.54) is 6.20 Å². The molecule has 1 aromatic carbocycles. The van der Waals surface area contributed by atoms with Gasteiger partial charge in [-0.25, -0.2) is 9.67 Å². The molecule has 3 rings (SSSR count). The lowest BCUT2D eigenvalue weighted by molar-refractivity contribution is 0.150. The highest BCUT2D eigenvalue weighted by Crippen LogP contribution is 2.21. The van der Waals surface area contributed by atoms with E-state index >= 15 is 0 Å². The Labute approximate surface area is 139 Å². The van der Waals surface area contributed by atoms with Gasteiger partial charge in [-0.3, -0.25) is 4.79 Å². The highest BCUT2D eigenvalue weighted by atomic mass is 16.5. The number of nitrogens with zero attached hydrogens (tertiary/aromatic N) is 4. The largest absolute Gasteiger partial charge is 0.497 e. The van der Waals surface area contributed by atoms with E-state index in [4.69, 9.17) is 4.74 Å². The van der Waals surface area contributed by atoms with Crippen LogP contribution in [-0.4, -0.2) is 31.8 Å². The summed E-state index contributed by atoms with van der Waals surface area (Å²) in [6.45, 7) is 6.13. The van der Waals surface area contributed by atoms with E-state index in [0.29, 0.717) is 28.1 Å². The van der Waals surface area contributed by atoms with Crippen LogP contribution in [0.3, 0.4) is 0 Å². The van der Waals surface area contributed by atoms with Gasteiger partial charge in [-0.05, 0) is 17.7 Å². The van der Waals surface area contributed by atoms with Gasteiger partial charge in [-0.15, -0.1) is 4.73 Å². The van der Waals surface area contributed by atoms with Gasteiger partial charge in [0.15, 0.2) is 11.5 Å². The summed E-state index contributed by atoms with van der Waals surface area (Å²) in [5, 5.41) is 14.6. The average molecular weight is 328 g/mol. The third-order valence-corrected chi connectivity index (χ3v) is 3.81. The van der Waals surface area contributed by atoms with Crippen molar-refractivity contribution in [2.24, 2.45) is 0 Å². The predicted molar refractivity (Wildman–Crippen MR) is 89.8 cm³/mol. The van der Waals surface area contributed by atoms with Crippen molar-refractivity contribution in [2.75, 3.05) is 7.11 Å². The van der Waals surface area contributed by atoms with Crippen molar-refractivity contribution < 1.29 is 9.94 Å². The van der Waals surface area contributed by atoms with Crippen LogP contribution in [0.15, 0.2) is 35.3 Å². The van der Waals surface area contributed by atoms with Crippen molar-refractivity contribution in [3.05, 3.63) is 52.2 Å². The van der Waals surface area contributed by atoms with Crippen molar-refractivity contribution >= 4 is 11.0 Å². The monoisotopic (exact) mass is 328 g/mol. The zero-order valence-corrected chi connectivity index (χ0v) is 14.1. The number of hydrogen-bond donors (Lipinski definition) is 1. The summed E-state index contributed by atoms with van der Waals surface area (Å²) in [5.74, 6) is 1.08. The summed E-state index contributed by atoms with van der Waals surface area (Å²) in [6.07, 6.45) is 1.44. The number of fused-ring (bicyclic) bond motifs is 1. The quantitative estimate of drug-likeness (QED) is 0.745. The lowest BCUT2D eigenvalue weighted by Gasteiger charge is -2.19. The van der Waals surface area contributed by atoms with Crippen LogP contribution >= 0.6 is 0 Å². The molecule has 0 aliphatic rings. The molecule has 0 radical (unpaired) electrons. The van der Waals surface area contributed by atoms with Crippen molar-refractivity contribution in [3.63, 3.8) is 0 Å². The summed E-state index contributed by atoms with van der Waals surface area (Å²) < 4.78 is 7.42. The first-order valence-corrected chi connectivity index (χ1v) is 7.62. The Morgan fingerprint density at radius 3 is 2.46 bits per heavy atom. The zero-order valence-electron chi connectivity index (χ0n) is 14.1. The molecule has 0 saturated carbocycles. The molecule has 24 heavy (non-hydrogen) atoms. The summed E-state index contributed by atoms with van der Waals surface area (Å²) in [5.41, 5.74) is 0.488. The number of rotatable bonds is 3. The molecule has 0 aliphatic carbocycles. The minimum absolute atomic E-state index is 0.291. The van der Waals surface area contributed by atoms with E-state index in [0.717, 1.165) is 11.3 Å². The SMILES string of the molecule is COc1ccc(Cn2ncc3c(=O)n(O)c(C(C)(C)C)nc32)cc1. The maximum atomic E-state index is 12.3. The number of ether oxygens (including phenoxy) is 1. The lowest BCUT2D eigenvalue weighted by Crippen LogP contribution is -2.30. The fraction of sp³-hybridized carbons (Fsp3) is 0.353. The van der Waals surface area contributed by atoms with Gasteiger partial charge in [0.1, 0.15) is 11.1 Å². The van der Waals surface area contributed by atoms with Gasteiger partial charge < -0.3 is 9.94 Å². The molecule has 0 atom stereocenters. The Balaban J connectivity index is 2.09. The molecule has 0 saturated heterocycles. The van der Waals surface area contributed by atoms with Crippen LogP contribution in [0.4, 0.5) is 0 Å². The minimum atomic E-state index is -0.508. The first-order chi connectivity index (χ1) is 11.3. The standard InChI is InChI=1S/C17H20N4O3/c1-17(2,3)16-19-14-13(15(22)21(16)23)9-18-20(14)10-11-5-7-12(24-4)8-6-11/h5-9,23H,10H2,1-4H3. The second-order valence-electron chi connectivity index (χ2n) is 6.69. The van der Waals surface area contributed by atoms with Crippen molar-refractivity contribution in [1.29, 1.82) is 0 Å². The topological polar surface area (TPSA) is 82.2 Å². The molecule has 7 nitrogen and oxygen atoms in total. The Bertz CT molecular complexity index is 933. The van der Waals surface area contributed by atoms with Crippen LogP contribution in [0.5, 0.6) is 5.75 Å². The van der Waals surface area contributed by atoms with E-state index in [1.807, 2.05) is 45.0 Å². The molecule has 2 heterocycles. The zero-order chi connectivity index (χ0) is 17.5. The molecule has 3 aromatic rings. The Hall–Kier alpha value is -2.83. The van der Waals surface area contributed by atoms with Gasteiger partial charge in [0.2, 0.25) is 0 Å². The second-order valence-corrected chi connectivity index (χ2v) is 6.69. The van der Waals surface area contributed by atoms with Crippen LogP contribution in [0.25, 0.3) is 11.0 Å². The molecule has 0 spiro atoms. The smallest absolute Gasteiger partial charge is 0.297 e. The van der Waals surface area contributed by atoms with Crippen molar-refractivity contribution in [3.8, 4) is 5.75 Å². The van der Waals surface area contributed by atoms with Gasteiger partial charge in [-0.1, -0.05) is 32.9 Å². The van der Waals surface area contributed by atoms with Crippen LogP contribution in [0.2, 0.25) is 0 Å². The minimum Gasteiger partial charge on any atom is -0.497 e. The molecule has 0 aliphatic heterocycles. The summed E-state index contributed by atoms with van der Waals surface area (Å²) in [6, 6.07) is 7.61. The third kappa shape index (κ3) is 2.73. The number of benzene rings is 1. The number of hydrogen-bond acceptors (Lipinski definition) is 5. The van der Waals surface area contributed by atoms with Crippen LogP contribution < -0.4 is 10.3 Å². The fourth-order valence-corrected chi connectivity index (χ4v) is 2.51. The molecule has 0 fully saturated rings. The predicted octanol–water partition coefficient (Wildman–Crippen LogP) is 2.18. The molecule has 0 unspecified atom stereocenters. The number of aromatic nitrogens is 4. The summed E-state index contributed by atoms with van der Waals surface area (Å²) in [4.78, 5) is 16.8. The maximum absolute atomic E-state index is 12.3. The third-order valence-electron chi connectivity index (χ3n) is 3.81. The maximum Gasteiger partial charge on any atom is 0.297 e. The molecule has 0 amide bonds. The van der Waals surface area contributed by atoms with Gasteiger partial charge in [0.05, 0.1) is 19.9 Å². The Morgan fingerprint density at radius 2 is 1.88 bits per heavy atom. The Morgan fingerprint density at radius 1 is 1.21 bits per heavy atom. The molecule has 2 aromatic heterocycles. The molecular weight excluding hydrogens is 308 g/mol. The number of methoxy groups -OCH3 is 1. The van der Waals surface area contributed by atoms with Crippen LogP contribution in [0.1, 0.15) is 32.2 Å². The highest BCUT2D eigenvalue weighted by molar-refractivity contribution is 5.73. The van der Waals surface area contributed by atoms with Gasteiger partial charge in [0.25, 0.3) is 5.56 Å². The fourth-order valence-electron chi connectivity index (χ4n) is 2.51. The molecule has 1 N–H and O–H groups in total. The summed E-state index contributed by atoms with van der Waals surface area (Å²) in [7, 11) is 1.62. The van der Waals surface area contributed by atoms with Gasteiger partial charge >= 0.3 is 0 Å². The van der Waals surface area contributed by atoms with E-state index in [1.54, 1.807) is 11.8 Å². The Kier molecular flexibility index (Phi) is 3.79. The van der Waals surface area contributed by atoms with E-state index in [2.05, 4.69) is 10.1 Å². The summed E-state index contributed by atoms with van der Waals surface area (Å²) >= 11 is 0. The van der Waals surface area contributed by atoms with Crippen molar-refractivity contribution in [2.45, 2.75) is 32.7 Å². The highest BCUT2D eigenvalue weighted by Gasteiger charge is 2.24. The molecule has 126 valence electrons. The van der Waals surface area contributed by atoms with Gasteiger partial charge in [-0.2, -0.15) is 5.10 Å². The first-order valence-electron chi connectivity index (χ1n) is 7.62. The first kappa shape index (κ1) is 16.0.